The number of fused-ring (bicyclic) bond motifs is 1. The molecule has 104 valence electrons. The van der Waals surface area contributed by atoms with Gasteiger partial charge in [-0.15, -0.1) is 0 Å². The summed E-state index contributed by atoms with van der Waals surface area (Å²) in [6, 6.07) is 0.00704. The zero-order valence-electron chi connectivity index (χ0n) is 10.7. The van der Waals surface area contributed by atoms with Gasteiger partial charge in [-0.1, -0.05) is 31.9 Å². The molecule has 2 heterocycles. The highest BCUT2D eigenvalue weighted by Crippen LogP contribution is 2.46. The van der Waals surface area contributed by atoms with E-state index in [0.29, 0.717) is 5.82 Å². The molecule has 0 aromatic carbocycles. The van der Waals surface area contributed by atoms with Crippen molar-refractivity contribution < 1.29 is 9.53 Å². The van der Waals surface area contributed by atoms with E-state index in [0.717, 1.165) is 12.8 Å². The van der Waals surface area contributed by atoms with Crippen molar-refractivity contribution in [3.63, 3.8) is 0 Å². The van der Waals surface area contributed by atoms with E-state index in [9.17, 15) is 9.59 Å². The summed E-state index contributed by atoms with van der Waals surface area (Å²) in [5, 5.41) is 0. The van der Waals surface area contributed by atoms with Gasteiger partial charge in [-0.3, -0.25) is 9.36 Å². The van der Waals surface area contributed by atoms with Gasteiger partial charge in [0.15, 0.2) is 0 Å². The zero-order valence-corrected chi connectivity index (χ0v) is 13.8. The van der Waals surface area contributed by atoms with E-state index in [1.165, 1.54) is 6.20 Å². The summed E-state index contributed by atoms with van der Waals surface area (Å²) in [4.78, 5) is 28.4. The Balaban J connectivity index is 2.59. The van der Waals surface area contributed by atoms with Gasteiger partial charge < -0.3 is 4.74 Å². The third-order valence-corrected chi connectivity index (χ3v) is 4.63. The van der Waals surface area contributed by atoms with Crippen LogP contribution in [0.25, 0.3) is 0 Å². The van der Waals surface area contributed by atoms with Crippen molar-refractivity contribution in [2.75, 3.05) is 6.61 Å². The van der Waals surface area contributed by atoms with Gasteiger partial charge >= 0.3 is 5.97 Å². The lowest BCUT2D eigenvalue weighted by Gasteiger charge is -2.32. The number of carbonyl (C=O) groups is 1. The van der Waals surface area contributed by atoms with Gasteiger partial charge in [0.1, 0.15) is 14.6 Å². The average molecular weight is 394 g/mol. The zero-order chi connectivity index (χ0) is 14.2. The van der Waals surface area contributed by atoms with Gasteiger partial charge in [0.25, 0.3) is 5.56 Å². The maximum Gasteiger partial charge on any atom is 0.345 e. The molecule has 0 fully saturated rings. The molecule has 0 bridgehead atoms. The van der Waals surface area contributed by atoms with Crippen molar-refractivity contribution in [1.29, 1.82) is 0 Å². The number of nitrogens with zero attached hydrogens (tertiary/aromatic N) is 2. The Morgan fingerprint density at radius 2 is 2.32 bits per heavy atom. The van der Waals surface area contributed by atoms with Crippen LogP contribution >= 0.6 is 31.9 Å². The first-order valence-electron chi connectivity index (χ1n) is 6.05. The summed E-state index contributed by atoms with van der Waals surface area (Å²) in [5.74, 6) is -0.0351. The first kappa shape index (κ1) is 14.7. The summed E-state index contributed by atoms with van der Waals surface area (Å²) in [6.07, 6.45) is 2.93. The van der Waals surface area contributed by atoms with Crippen LogP contribution in [0.3, 0.4) is 0 Å². The van der Waals surface area contributed by atoms with Crippen LogP contribution < -0.4 is 5.56 Å². The topological polar surface area (TPSA) is 61.2 Å². The smallest absolute Gasteiger partial charge is 0.345 e. The number of alkyl halides is 2. The van der Waals surface area contributed by atoms with E-state index in [4.69, 9.17) is 4.74 Å². The summed E-state index contributed by atoms with van der Waals surface area (Å²) in [5.41, 5.74) is -0.367. The summed E-state index contributed by atoms with van der Waals surface area (Å²) < 4.78 is 5.91. The highest BCUT2D eigenvalue weighted by Gasteiger charge is 2.37. The number of hydrogen-bond acceptors (Lipinski definition) is 4. The number of carbonyl (C=O) groups excluding carboxylic acids is 1. The highest BCUT2D eigenvalue weighted by molar-refractivity contribution is 9.24. The number of ether oxygens (including phenoxy) is 1. The van der Waals surface area contributed by atoms with Crippen LogP contribution in [0, 0.1) is 0 Å². The van der Waals surface area contributed by atoms with Gasteiger partial charge in [0.2, 0.25) is 0 Å². The first-order chi connectivity index (χ1) is 8.88. The second-order valence-electron chi connectivity index (χ2n) is 4.48. The fourth-order valence-corrected chi connectivity index (χ4v) is 3.17. The molecule has 1 aliphatic rings. The summed E-state index contributed by atoms with van der Waals surface area (Å²) in [7, 11) is 0. The van der Waals surface area contributed by atoms with Gasteiger partial charge in [-0.05, 0) is 26.7 Å². The molecule has 1 aromatic rings. The molecule has 0 amide bonds. The van der Waals surface area contributed by atoms with Gasteiger partial charge in [-0.25, -0.2) is 9.78 Å². The van der Waals surface area contributed by atoms with Crippen molar-refractivity contribution in [2.45, 2.75) is 36.0 Å². The SMILES string of the molecule is CCOC(=O)c1cnc2n(c1=O)C(C)CCC2(Br)Br. The van der Waals surface area contributed by atoms with Crippen LogP contribution in [0.2, 0.25) is 0 Å². The molecular weight excluding hydrogens is 380 g/mol. The number of halogens is 2. The maximum atomic E-state index is 12.4. The Kier molecular flexibility index (Phi) is 4.15. The Labute approximate surface area is 127 Å². The average Bonchev–Trinajstić information content (AvgIpc) is 2.34. The van der Waals surface area contributed by atoms with Crippen LogP contribution in [-0.4, -0.2) is 22.1 Å². The van der Waals surface area contributed by atoms with Crippen LogP contribution in [0.1, 0.15) is 48.9 Å². The second kappa shape index (κ2) is 5.36. The Morgan fingerprint density at radius 1 is 1.63 bits per heavy atom. The lowest BCUT2D eigenvalue weighted by molar-refractivity contribution is 0.0522. The van der Waals surface area contributed by atoms with E-state index >= 15 is 0 Å². The Bertz CT molecular complexity index is 569. The fraction of sp³-hybridized carbons (Fsp3) is 0.583. The molecular formula is C12H14Br2N2O3. The number of rotatable bonds is 2. The first-order valence-corrected chi connectivity index (χ1v) is 7.64. The van der Waals surface area contributed by atoms with E-state index in [2.05, 4.69) is 36.8 Å². The van der Waals surface area contributed by atoms with E-state index in [1.807, 2.05) is 6.92 Å². The predicted octanol–water partition coefficient (Wildman–Crippen LogP) is 2.72. The minimum absolute atomic E-state index is 0.00704. The summed E-state index contributed by atoms with van der Waals surface area (Å²) in [6.45, 7) is 3.87. The van der Waals surface area contributed by atoms with Gasteiger partial charge in [0, 0.05) is 12.2 Å². The normalized spacial score (nSPS) is 20.7. The molecule has 0 spiro atoms. The monoisotopic (exact) mass is 392 g/mol. The standard InChI is InChI=1S/C12H14Br2N2O3/c1-3-19-10(18)8-6-15-11-12(13,14)5-4-7(2)16(11)9(8)17/h6-7H,3-5H2,1-2H3. The van der Waals surface area contributed by atoms with Crippen molar-refractivity contribution in [2.24, 2.45) is 0 Å². The van der Waals surface area contributed by atoms with Crippen LogP contribution in [0.4, 0.5) is 0 Å². The van der Waals surface area contributed by atoms with Crippen molar-refractivity contribution in [3.05, 3.63) is 27.9 Å². The lowest BCUT2D eigenvalue weighted by Crippen LogP contribution is -2.39. The molecule has 1 atom stereocenters. The minimum atomic E-state index is -0.622. The minimum Gasteiger partial charge on any atom is -0.462 e. The van der Waals surface area contributed by atoms with Crippen molar-refractivity contribution >= 4 is 37.8 Å². The molecule has 0 N–H and O–H groups in total. The van der Waals surface area contributed by atoms with E-state index in [-0.39, 0.29) is 23.8 Å². The lowest BCUT2D eigenvalue weighted by atomic mass is 10.0. The molecule has 5 nitrogen and oxygen atoms in total. The summed E-state index contributed by atoms with van der Waals surface area (Å²) >= 11 is 7.05. The number of hydrogen-bond donors (Lipinski definition) is 0. The third kappa shape index (κ3) is 2.63. The van der Waals surface area contributed by atoms with Crippen molar-refractivity contribution in [1.82, 2.24) is 9.55 Å². The molecule has 0 saturated carbocycles. The quantitative estimate of drug-likeness (QED) is 0.572. The Hall–Kier alpha value is -0.690. The van der Waals surface area contributed by atoms with Crippen LogP contribution in [0.15, 0.2) is 11.0 Å². The van der Waals surface area contributed by atoms with Gasteiger partial charge in [-0.2, -0.15) is 0 Å². The van der Waals surface area contributed by atoms with E-state index < -0.39 is 9.20 Å². The van der Waals surface area contributed by atoms with Crippen LogP contribution in [-0.2, 0) is 7.97 Å². The molecule has 1 unspecified atom stereocenters. The maximum absolute atomic E-state index is 12.4. The largest absolute Gasteiger partial charge is 0.462 e. The third-order valence-electron chi connectivity index (χ3n) is 3.13. The second-order valence-corrected chi connectivity index (χ2v) is 8.25. The molecule has 0 saturated heterocycles. The van der Waals surface area contributed by atoms with Crippen molar-refractivity contribution in [3.8, 4) is 0 Å². The molecule has 1 aliphatic heterocycles. The van der Waals surface area contributed by atoms with Crippen LogP contribution in [0.5, 0.6) is 0 Å². The molecule has 1 aromatic heterocycles. The van der Waals surface area contributed by atoms with E-state index in [1.54, 1.807) is 11.5 Å². The number of esters is 1. The highest BCUT2D eigenvalue weighted by atomic mass is 79.9. The number of aromatic nitrogens is 2. The van der Waals surface area contributed by atoms with Gasteiger partial charge in [0.05, 0.1) is 6.61 Å². The molecule has 2 rings (SSSR count). The molecule has 19 heavy (non-hydrogen) atoms. The fourth-order valence-electron chi connectivity index (χ4n) is 2.13. The predicted molar refractivity (Wildman–Crippen MR) is 77.9 cm³/mol. The Morgan fingerprint density at radius 3 is 2.95 bits per heavy atom. The molecule has 7 heteroatoms. The molecule has 0 aliphatic carbocycles. The molecule has 0 radical (unpaired) electrons.